The van der Waals surface area contributed by atoms with E-state index in [1.165, 1.54) is 0 Å². The standard InChI is InChI=1S/C14H24N2O2/c1-11-3-4-13(18-11)9-16(2)12-5-7-14(17,10-15)8-6-12/h3-4,12,17H,5-10,15H2,1-2H3. The van der Waals surface area contributed by atoms with Gasteiger partial charge in [-0.15, -0.1) is 0 Å². The van der Waals surface area contributed by atoms with Gasteiger partial charge in [-0.2, -0.15) is 0 Å². The number of furan rings is 1. The number of aryl methyl sites for hydroxylation is 1. The Morgan fingerprint density at radius 1 is 1.44 bits per heavy atom. The molecule has 0 saturated heterocycles. The van der Waals surface area contributed by atoms with Gasteiger partial charge in [0.05, 0.1) is 12.1 Å². The van der Waals surface area contributed by atoms with Gasteiger partial charge < -0.3 is 15.3 Å². The Labute approximate surface area is 109 Å². The maximum atomic E-state index is 10.1. The zero-order valence-electron chi connectivity index (χ0n) is 11.4. The second kappa shape index (κ2) is 5.43. The molecular formula is C14H24N2O2. The molecule has 1 aliphatic carbocycles. The molecule has 1 saturated carbocycles. The molecule has 0 radical (unpaired) electrons. The minimum Gasteiger partial charge on any atom is -0.465 e. The van der Waals surface area contributed by atoms with Crippen LogP contribution in [0.3, 0.4) is 0 Å². The van der Waals surface area contributed by atoms with Crippen LogP contribution >= 0.6 is 0 Å². The number of hydrogen-bond donors (Lipinski definition) is 2. The molecule has 102 valence electrons. The smallest absolute Gasteiger partial charge is 0.118 e. The lowest BCUT2D eigenvalue weighted by Crippen LogP contribution is -2.45. The van der Waals surface area contributed by atoms with E-state index in [4.69, 9.17) is 10.2 Å². The predicted molar refractivity (Wildman–Crippen MR) is 71.2 cm³/mol. The molecule has 3 N–H and O–H groups in total. The Morgan fingerprint density at radius 2 is 2.11 bits per heavy atom. The van der Waals surface area contributed by atoms with Crippen molar-refractivity contribution in [2.45, 2.75) is 50.8 Å². The van der Waals surface area contributed by atoms with Crippen LogP contribution in [0.5, 0.6) is 0 Å². The van der Waals surface area contributed by atoms with E-state index in [1.54, 1.807) is 0 Å². The summed E-state index contributed by atoms with van der Waals surface area (Å²) in [4.78, 5) is 2.31. The SMILES string of the molecule is Cc1ccc(CN(C)C2CCC(O)(CN)CC2)o1. The maximum absolute atomic E-state index is 10.1. The lowest BCUT2D eigenvalue weighted by atomic mass is 9.82. The average molecular weight is 252 g/mol. The topological polar surface area (TPSA) is 62.6 Å². The van der Waals surface area contributed by atoms with Crippen LogP contribution in [-0.4, -0.2) is 35.2 Å². The fourth-order valence-electron chi connectivity index (χ4n) is 2.73. The van der Waals surface area contributed by atoms with Gasteiger partial charge in [-0.05, 0) is 51.8 Å². The van der Waals surface area contributed by atoms with E-state index < -0.39 is 5.60 Å². The van der Waals surface area contributed by atoms with Crippen molar-refractivity contribution >= 4 is 0 Å². The first-order valence-corrected chi connectivity index (χ1v) is 6.70. The molecule has 0 bridgehead atoms. The molecule has 1 aliphatic rings. The highest BCUT2D eigenvalue weighted by Crippen LogP contribution is 2.30. The predicted octanol–water partition coefficient (Wildman–Crippen LogP) is 1.65. The monoisotopic (exact) mass is 252 g/mol. The third kappa shape index (κ3) is 3.13. The van der Waals surface area contributed by atoms with Crippen LogP contribution in [0, 0.1) is 6.92 Å². The van der Waals surface area contributed by atoms with Gasteiger partial charge in [-0.25, -0.2) is 0 Å². The van der Waals surface area contributed by atoms with Crippen molar-refractivity contribution in [2.24, 2.45) is 5.73 Å². The van der Waals surface area contributed by atoms with Crippen molar-refractivity contribution in [3.05, 3.63) is 23.7 Å². The van der Waals surface area contributed by atoms with Gasteiger partial charge >= 0.3 is 0 Å². The fraction of sp³-hybridized carbons (Fsp3) is 0.714. The zero-order chi connectivity index (χ0) is 13.2. The van der Waals surface area contributed by atoms with Crippen LogP contribution in [0.4, 0.5) is 0 Å². The molecule has 1 fully saturated rings. The molecule has 0 aliphatic heterocycles. The van der Waals surface area contributed by atoms with Crippen LogP contribution < -0.4 is 5.73 Å². The minimum atomic E-state index is -0.626. The summed E-state index contributed by atoms with van der Waals surface area (Å²) in [6, 6.07) is 4.55. The molecule has 0 unspecified atom stereocenters. The second-order valence-corrected chi connectivity index (χ2v) is 5.59. The van der Waals surface area contributed by atoms with Crippen molar-refractivity contribution in [2.75, 3.05) is 13.6 Å². The Morgan fingerprint density at radius 3 is 2.61 bits per heavy atom. The van der Waals surface area contributed by atoms with Crippen molar-refractivity contribution in [3.8, 4) is 0 Å². The fourth-order valence-corrected chi connectivity index (χ4v) is 2.73. The van der Waals surface area contributed by atoms with Crippen molar-refractivity contribution in [1.29, 1.82) is 0 Å². The number of nitrogens with zero attached hydrogens (tertiary/aromatic N) is 1. The van der Waals surface area contributed by atoms with Crippen LogP contribution in [0.15, 0.2) is 16.5 Å². The van der Waals surface area contributed by atoms with E-state index in [0.717, 1.165) is 43.7 Å². The zero-order valence-corrected chi connectivity index (χ0v) is 11.4. The van der Waals surface area contributed by atoms with E-state index in [2.05, 4.69) is 11.9 Å². The molecule has 18 heavy (non-hydrogen) atoms. The summed E-state index contributed by atoms with van der Waals surface area (Å²) in [6.45, 7) is 3.17. The molecule has 1 aromatic rings. The van der Waals surface area contributed by atoms with Gasteiger partial charge in [0, 0.05) is 12.6 Å². The van der Waals surface area contributed by atoms with Crippen LogP contribution in [0.1, 0.15) is 37.2 Å². The van der Waals surface area contributed by atoms with Crippen molar-refractivity contribution in [3.63, 3.8) is 0 Å². The van der Waals surface area contributed by atoms with E-state index >= 15 is 0 Å². The first-order chi connectivity index (χ1) is 8.52. The summed E-state index contributed by atoms with van der Waals surface area (Å²) in [5.74, 6) is 1.97. The van der Waals surface area contributed by atoms with E-state index in [0.29, 0.717) is 12.6 Å². The molecule has 2 rings (SSSR count). The lowest BCUT2D eigenvalue weighted by molar-refractivity contribution is -0.0111. The van der Waals surface area contributed by atoms with Gasteiger partial charge in [0.25, 0.3) is 0 Å². The van der Waals surface area contributed by atoms with Crippen molar-refractivity contribution < 1.29 is 9.52 Å². The molecule has 0 aromatic carbocycles. The Kier molecular flexibility index (Phi) is 4.10. The molecule has 0 amide bonds. The van der Waals surface area contributed by atoms with E-state index in [-0.39, 0.29) is 0 Å². The highest BCUT2D eigenvalue weighted by Gasteiger charge is 2.33. The molecule has 0 atom stereocenters. The summed E-state index contributed by atoms with van der Waals surface area (Å²) in [5, 5.41) is 10.1. The first-order valence-electron chi connectivity index (χ1n) is 6.70. The Bertz CT molecular complexity index is 381. The first kappa shape index (κ1) is 13.6. The molecule has 0 spiro atoms. The quantitative estimate of drug-likeness (QED) is 0.855. The van der Waals surface area contributed by atoms with E-state index in [9.17, 15) is 5.11 Å². The highest BCUT2D eigenvalue weighted by atomic mass is 16.3. The number of nitrogens with two attached hydrogens (primary N) is 1. The van der Waals surface area contributed by atoms with Crippen molar-refractivity contribution in [1.82, 2.24) is 4.90 Å². The Balaban J connectivity index is 1.86. The molecule has 1 aromatic heterocycles. The second-order valence-electron chi connectivity index (χ2n) is 5.59. The summed E-state index contributed by atoms with van der Waals surface area (Å²) >= 11 is 0. The van der Waals surface area contributed by atoms with Gasteiger partial charge in [0.2, 0.25) is 0 Å². The van der Waals surface area contributed by atoms with Gasteiger partial charge in [0.15, 0.2) is 0 Å². The minimum absolute atomic E-state index is 0.376. The summed E-state index contributed by atoms with van der Waals surface area (Å²) in [5.41, 5.74) is 4.98. The third-order valence-electron chi connectivity index (χ3n) is 4.09. The third-order valence-corrected chi connectivity index (χ3v) is 4.09. The largest absolute Gasteiger partial charge is 0.465 e. The maximum Gasteiger partial charge on any atom is 0.118 e. The number of hydrogen-bond acceptors (Lipinski definition) is 4. The number of aliphatic hydroxyl groups is 1. The lowest BCUT2D eigenvalue weighted by Gasteiger charge is -2.38. The van der Waals surface area contributed by atoms with Gasteiger partial charge in [0.1, 0.15) is 11.5 Å². The normalized spacial score (nSPS) is 28.8. The molecule has 4 nitrogen and oxygen atoms in total. The van der Waals surface area contributed by atoms with Gasteiger partial charge in [-0.3, -0.25) is 4.90 Å². The summed E-state index contributed by atoms with van der Waals surface area (Å²) in [6.07, 6.45) is 3.61. The molecule has 1 heterocycles. The summed E-state index contributed by atoms with van der Waals surface area (Å²) < 4.78 is 5.60. The average Bonchev–Trinajstić information content (AvgIpc) is 2.75. The van der Waals surface area contributed by atoms with Gasteiger partial charge in [-0.1, -0.05) is 0 Å². The van der Waals surface area contributed by atoms with Crippen LogP contribution in [0.25, 0.3) is 0 Å². The molecule has 4 heteroatoms. The highest BCUT2D eigenvalue weighted by molar-refractivity contribution is 5.05. The van der Waals surface area contributed by atoms with Crippen LogP contribution in [0.2, 0.25) is 0 Å². The number of rotatable bonds is 4. The summed E-state index contributed by atoms with van der Waals surface area (Å²) in [7, 11) is 2.12. The Hall–Kier alpha value is -0.840. The molecular weight excluding hydrogens is 228 g/mol. The van der Waals surface area contributed by atoms with E-state index in [1.807, 2.05) is 19.1 Å². The van der Waals surface area contributed by atoms with Crippen LogP contribution in [-0.2, 0) is 6.54 Å².